The Balaban J connectivity index is 1.86. The number of fused-ring (bicyclic) bond motifs is 1. The van der Waals surface area contributed by atoms with E-state index in [4.69, 9.17) is 5.73 Å². The highest BCUT2D eigenvalue weighted by Gasteiger charge is 2.23. The Morgan fingerprint density at radius 2 is 2.00 bits per heavy atom. The molecule has 3 rings (SSSR count). The van der Waals surface area contributed by atoms with Gasteiger partial charge >= 0.3 is 5.69 Å². The maximum atomic E-state index is 13.0. The first-order chi connectivity index (χ1) is 14.4. The van der Waals surface area contributed by atoms with Crippen LogP contribution in [0.5, 0.6) is 0 Å². The van der Waals surface area contributed by atoms with E-state index in [1.165, 1.54) is 21.2 Å². The van der Waals surface area contributed by atoms with Crippen LogP contribution in [-0.2, 0) is 18.4 Å². The summed E-state index contributed by atoms with van der Waals surface area (Å²) in [6.45, 7) is 4.39. The molecule has 1 amide bonds. The molecule has 0 saturated heterocycles. The largest absolute Gasteiger partial charge is 0.383 e. The summed E-state index contributed by atoms with van der Waals surface area (Å²) in [5.74, 6) is -0.189. The highest BCUT2D eigenvalue weighted by molar-refractivity contribution is 7.99. The first kappa shape index (κ1) is 21.7. The molecule has 0 aliphatic carbocycles. The third-order valence-electron chi connectivity index (χ3n) is 4.91. The van der Waals surface area contributed by atoms with Crippen molar-refractivity contribution >= 4 is 40.2 Å². The predicted molar refractivity (Wildman–Crippen MR) is 120 cm³/mol. The molecule has 0 radical (unpaired) electrons. The minimum Gasteiger partial charge on any atom is -0.383 e. The van der Waals surface area contributed by atoms with Crippen LogP contribution < -0.4 is 21.9 Å². The number of thioether (sulfide) groups is 1. The van der Waals surface area contributed by atoms with Crippen LogP contribution >= 0.6 is 11.8 Å². The van der Waals surface area contributed by atoms with Crippen LogP contribution in [0.4, 0.5) is 11.5 Å². The third kappa shape index (κ3) is 4.13. The van der Waals surface area contributed by atoms with Crippen LogP contribution in [-0.4, -0.2) is 37.3 Å². The lowest BCUT2D eigenvalue weighted by Gasteiger charge is -2.23. The number of carbonyl (C=O) groups is 1. The second kappa shape index (κ2) is 9.21. The van der Waals surface area contributed by atoms with E-state index < -0.39 is 11.2 Å². The van der Waals surface area contributed by atoms with Crippen LogP contribution in [0.3, 0.4) is 0 Å². The molecular weight excluding hydrogens is 404 g/mol. The number of para-hydroxylation sites is 2. The van der Waals surface area contributed by atoms with E-state index in [2.05, 4.69) is 9.97 Å². The molecule has 0 aliphatic rings. The SMILES string of the molecule is CCCCn1c(N)c(N(CC)C(=O)CSc2nc3ccccc3n2C)c(=O)[nH]c1=O. The summed E-state index contributed by atoms with van der Waals surface area (Å²) < 4.78 is 3.24. The topological polar surface area (TPSA) is 119 Å². The van der Waals surface area contributed by atoms with Gasteiger partial charge in [-0.1, -0.05) is 37.2 Å². The number of nitrogens with one attached hydrogen (secondary N) is 1. The van der Waals surface area contributed by atoms with Crippen LogP contribution in [0.25, 0.3) is 11.0 Å². The molecule has 10 heteroatoms. The molecule has 0 aliphatic heterocycles. The maximum absolute atomic E-state index is 13.0. The van der Waals surface area contributed by atoms with Crippen molar-refractivity contribution in [2.24, 2.45) is 7.05 Å². The van der Waals surface area contributed by atoms with Crippen LogP contribution in [0.1, 0.15) is 26.7 Å². The third-order valence-corrected chi connectivity index (χ3v) is 5.92. The summed E-state index contributed by atoms with van der Waals surface area (Å²) in [7, 11) is 1.89. The summed E-state index contributed by atoms with van der Waals surface area (Å²) >= 11 is 1.29. The number of nitrogen functional groups attached to an aromatic ring is 1. The van der Waals surface area contributed by atoms with Crippen LogP contribution in [0.2, 0.25) is 0 Å². The molecule has 1 aromatic carbocycles. The van der Waals surface area contributed by atoms with Gasteiger partial charge in [-0.2, -0.15) is 0 Å². The molecule has 0 unspecified atom stereocenters. The van der Waals surface area contributed by atoms with E-state index in [0.29, 0.717) is 11.7 Å². The number of hydrogen-bond acceptors (Lipinski definition) is 6. The van der Waals surface area contributed by atoms with Gasteiger partial charge in [0, 0.05) is 20.1 Å². The Morgan fingerprint density at radius 3 is 2.67 bits per heavy atom. The molecule has 30 heavy (non-hydrogen) atoms. The molecule has 3 aromatic rings. The van der Waals surface area contributed by atoms with E-state index >= 15 is 0 Å². The lowest BCUT2D eigenvalue weighted by atomic mass is 10.3. The Kier molecular flexibility index (Phi) is 6.66. The number of unbranched alkanes of at least 4 members (excludes halogenated alkanes) is 1. The van der Waals surface area contributed by atoms with Gasteiger partial charge < -0.3 is 15.2 Å². The first-order valence-electron chi connectivity index (χ1n) is 9.86. The molecule has 2 heterocycles. The maximum Gasteiger partial charge on any atom is 0.330 e. The minimum atomic E-state index is -0.659. The molecule has 2 aromatic heterocycles. The zero-order valence-electron chi connectivity index (χ0n) is 17.3. The van der Waals surface area contributed by atoms with Gasteiger partial charge in [-0.3, -0.25) is 19.1 Å². The fraction of sp³-hybridized carbons (Fsp3) is 0.400. The van der Waals surface area contributed by atoms with Gasteiger partial charge in [0.05, 0.1) is 16.8 Å². The van der Waals surface area contributed by atoms with E-state index in [1.807, 2.05) is 42.8 Å². The number of benzene rings is 1. The Bertz CT molecular complexity index is 1180. The van der Waals surface area contributed by atoms with E-state index in [1.54, 1.807) is 6.92 Å². The molecule has 0 spiro atoms. The van der Waals surface area contributed by atoms with E-state index in [0.717, 1.165) is 23.9 Å². The monoisotopic (exact) mass is 430 g/mol. The van der Waals surface area contributed by atoms with Crippen molar-refractivity contribution in [3.8, 4) is 0 Å². The molecule has 160 valence electrons. The summed E-state index contributed by atoms with van der Waals surface area (Å²) in [5.41, 5.74) is 6.77. The molecular formula is C20H26N6O3S. The second-order valence-corrected chi connectivity index (χ2v) is 7.81. The van der Waals surface area contributed by atoms with Crippen molar-refractivity contribution in [3.05, 3.63) is 45.1 Å². The number of rotatable bonds is 8. The fourth-order valence-electron chi connectivity index (χ4n) is 3.29. The van der Waals surface area contributed by atoms with Gasteiger partial charge in [-0.15, -0.1) is 0 Å². The van der Waals surface area contributed by atoms with Crippen molar-refractivity contribution in [2.75, 3.05) is 22.9 Å². The van der Waals surface area contributed by atoms with Gasteiger partial charge in [-0.25, -0.2) is 9.78 Å². The summed E-state index contributed by atoms with van der Waals surface area (Å²) in [4.78, 5) is 45.7. The standard InChI is InChI=1S/C20H26N6O3S/c1-4-6-11-26-17(21)16(18(28)23-19(26)29)25(5-2)15(27)12-30-20-22-13-9-7-8-10-14(13)24(20)3/h7-10H,4-6,11-12,21H2,1-3H3,(H,23,28,29). The van der Waals surface area contributed by atoms with Gasteiger partial charge in [0.15, 0.2) is 10.8 Å². The van der Waals surface area contributed by atoms with Gasteiger partial charge in [0.2, 0.25) is 5.91 Å². The molecule has 0 bridgehead atoms. The quantitative estimate of drug-likeness (QED) is 0.527. The highest BCUT2D eigenvalue weighted by Crippen LogP contribution is 2.24. The first-order valence-corrected chi connectivity index (χ1v) is 10.8. The highest BCUT2D eigenvalue weighted by atomic mass is 32.2. The van der Waals surface area contributed by atoms with Gasteiger partial charge in [-0.05, 0) is 25.5 Å². The van der Waals surface area contributed by atoms with Gasteiger partial charge in [0.1, 0.15) is 5.82 Å². The Labute approximate surface area is 177 Å². The molecule has 0 atom stereocenters. The van der Waals surface area contributed by atoms with Crippen molar-refractivity contribution in [3.63, 3.8) is 0 Å². The zero-order valence-corrected chi connectivity index (χ0v) is 18.2. The molecule has 3 N–H and O–H groups in total. The number of H-pyrrole nitrogens is 1. The predicted octanol–water partition coefficient (Wildman–Crippen LogP) is 1.95. The fourth-order valence-corrected chi connectivity index (χ4v) is 4.16. The number of aromatic nitrogens is 4. The number of nitrogens with zero attached hydrogens (tertiary/aromatic N) is 4. The average Bonchev–Trinajstić information content (AvgIpc) is 3.05. The van der Waals surface area contributed by atoms with Crippen molar-refractivity contribution < 1.29 is 4.79 Å². The molecule has 0 fully saturated rings. The summed E-state index contributed by atoms with van der Waals surface area (Å²) in [5, 5.41) is 0.704. The van der Waals surface area contributed by atoms with Crippen molar-refractivity contribution in [1.82, 2.24) is 19.1 Å². The normalized spacial score (nSPS) is 11.2. The number of carbonyl (C=O) groups excluding carboxylic acids is 1. The molecule has 9 nitrogen and oxygen atoms in total. The summed E-state index contributed by atoms with van der Waals surface area (Å²) in [6.07, 6.45) is 1.60. The average molecular weight is 431 g/mol. The smallest absolute Gasteiger partial charge is 0.330 e. The second-order valence-electron chi connectivity index (χ2n) is 6.87. The number of imidazole rings is 1. The van der Waals surface area contributed by atoms with Crippen LogP contribution in [0, 0.1) is 0 Å². The minimum absolute atomic E-state index is 0.0140. The number of nitrogens with two attached hydrogens (primary N) is 1. The number of aromatic amines is 1. The number of aryl methyl sites for hydroxylation is 1. The number of hydrogen-bond donors (Lipinski definition) is 2. The Hall–Kier alpha value is -3.01. The number of anilines is 2. The van der Waals surface area contributed by atoms with Crippen molar-refractivity contribution in [2.45, 2.75) is 38.4 Å². The Morgan fingerprint density at radius 1 is 1.27 bits per heavy atom. The van der Waals surface area contributed by atoms with E-state index in [-0.39, 0.29) is 29.7 Å². The summed E-state index contributed by atoms with van der Waals surface area (Å²) in [6, 6.07) is 7.73. The lowest BCUT2D eigenvalue weighted by molar-refractivity contribution is -0.116. The van der Waals surface area contributed by atoms with E-state index in [9.17, 15) is 14.4 Å². The number of amides is 1. The van der Waals surface area contributed by atoms with Crippen molar-refractivity contribution in [1.29, 1.82) is 0 Å². The lowest BCUT2D eigenvalue weighted by Crippen LogP contribution is -2.41. The van der Waals surface area contributed by atoms with Crippen LogP contribution in [0.15, 0.2) is 39.0 Å². The zero-order chi connectivity index (χ0) is 21.8. The molecule has 0 saturated carbocycles. The van der Waals surface area contributed by atoms with Gasteiger partial charge in [0.25, 0.3) is 5.56 Å².